The highest BCUT2D eigenvalue weighted by atomic mass is 16.3. The number of aryl methyl sites for hydroxylation is 2. The molecule has 0 unspecified atom stereocenters. The van der Waals surface area contributed by atoms with Gasteiger partial charge in [-0.3, -0.25) is 0 Å². The van der Waals surface area contributed by atoms with Gasteiger partial charge in [-0.2, -0.15) is 0 Å². The fraction of sp³-hybridized carbons (Fsp3) is 0.190. The molecule has 0 saturated carbocycles. The van der Waals surface area contributed by atoms with Gasteiger partial charge in [0.05, 0.1) is 18.0 Å². The predicted molar refractivity (Wildman–Crippen MR) is 115 cm³/mol. The van der Waals surface area contributed by atoms with Crippen LogP contribution in [0.2, 0.25) is 0 Å². The zero-order valence-electron chi connectivity index (χ0n) is 16.3. The number of nitrogens with zero attached hydrogens (tertiary/aromatic N) is 5. The number of aliphatic imine (C=N–C) groups is 1. The summed E-state index contributed by atoms with van der Waals surface area (Å²) in [5.41, 5.74) is 11.4. The zero-order chi connectivity index (χ0) is 20.3. The number of allylic oxidation sites excluding steroid dienone is 1. The molecule has 0 aliphatic heterocycles. The van der Waals surface area contributed by atoms with Gasteiger partial charge in [-0.05, 0) is 36.3 Å². The second kappa shape index (κ2) is 7.96. The molecular weight excluding hydrogens is 352 g/mol. The standard InChI is InChI=1S/C21H24N6O/c1-5-15-8-16(17(10-22)11-23-14(2)28)6-7-19(15)27(4)21-9-20-18(12-24-21)25-13-26(20)3/h6-13,28H,2,5,22H2,1,3-4H3/b17-10+,23-11-. The summed E-state index contributed by atoms with van der Waals surface area (Å²) in [6.45, 7) is 5.45. The van der Waals surface area contributed by atoms with Crippen LogP contribution < -0.4 is 10.6 Å². The van der Waals surface area contributed by atoms with Crippen LogP contribution in [0.3, 0.4) is 0 Å². The van der Waals surface area contributed by atoms with Gasteiger partial charge in [0, 0.05) is 43.8 Å². The maximum Gasteiger partial charge on any atom is 0.203 e. The van der Waals surface area contributed by atoms with Crippen molar-refractivity contribution in [2.75, 3.05) is 11.9 Å². The van der Waals surface area contributed by atoms with E-state index in [4.69, 9.17) is 5.73 Å². The molecule has 7 heteroatoms. The molecule has 0 aliphatic rings. The van der Waals surface area contributed by atoms with E-state index in [0.717, 1.165) is 40.1 Å². The van der Waals surface area contributed by atoms with E-state index in [9.17, 15) is 5.11 Å². The summed E-state index contributed by atoms with van der Waals surface area (Å²) in [6, 6.07) is 8.10. The van der Waals surface area contributed by atoms with E-state index >= 15 is 0 Å². The number of rotatable bonds is 6. The molecule has 0 amide bonds. The molecule has 0 bridgehead atoms. The Morgan fingerprint density at radius 1 is 1.36 bits per heavy atom. The topological polar surface area (TPSA) is 92.6 Å². The number of anilines is 2. The molecule has 3 rings (SSSR count). The Kier molecular flexibility index (Phi) is 5.44. The number of fused-ring (bicyclic) bond motifs is 1. The van der Waals surface area contributed by atoms with Gasteiger partial charge < -0.3 is 20.3 Å². The molecule has 144 valence electrons. The molecule has 0 aliphatic carbocycles. The van der Waals surface area contributed by atoms with Crippen molar-refractivity contribution in [1.29, 1.82) is 0 Å². The third kappa shape index (κ3) is 3.73. The largest absolute Gasteiger partial charge is 0.494 e. The van der Waals surface area contributed by atoms with Crippen LogP contribution in [0.15, 0.2) is 60.4 Å². The number of imidazole rings is 1. The Labute approximate surface area is 164 Å². The summed E-state index contributed by atoms with van der Waals surface area (Å²) in [7, 11) is 3.96. The first kappa shape index (κ1) is 19.2. The average molecular weight is 376 g/mol. The molecule has 2 aromatic heterocycles. The number of aliphatic hydroxyl groups excluding tert-OH is 1. The molecule has 28 heavy (non-hydrogen) atoms. The van der Waals surface area contributed by atoms with Crippen molar-refractivity contribution in [3.63, 3.8) is 0 Å². The number of hydrogen-bond donors (Lipinski definition) is 2. The van der Waals surface area contributed by atoms with E-state index in [-0.39, 0.29) is 5.88 Å². The SMILES string of the molecule is C=C(O)/N=C\C(=C/N)c1ccc(N(C)c2cc3c(cn2)ncn3C)c(CC)c1. The molecule has 0 spiro atoms. The van der Waals surface area contributed by atoms with Gasteiger partial charge in [-0.25, -0.2) is 15.0 Å². The normalized spacial score (nSPS) is 12.0. The third-order valence-corrected chi connectivity index (χ3v) is 4.63. The second-order valence-electron chi connectivity index (χ2n) is 6.44. The number of hydrogen-bond acceptors (Lipinski definition) is 6. The van der Waals surface area contributed by atoms with Crippen LogP contribution in [0.4, 0.5) is 11.5 Å². The Balaban J connectivity index is 1.98. The monoisotopic (exact) mass is 376 g/mol. The average Bonchev–Trinajstić information content (AvgIpc) is 3.07. The molecule has 0 fully saturated rings. The lowest BCUT2D eigenvalue weighted by atomic mass is 10.0. The summed E-state index contributed by atoms with van der Waals surface area (Å²) in [5.74, 6) is 0.578. The number of aliphatic hydroxyl groups is 1. The van der Waals surface area contributed by atoms with Gasteiger partial charge in [0.2, 0.25) is 5.88 Å². The molecule has 1 aromatic carbocycles. The second-order valence-corrected chi connectivity index (χ2v) is 6.44. The van der Waals surface area contributed by atoms with Crippen LogP contribution in [0.1, 0.15) is 18.1 Å². The van der Waals surface area contributed by atoms with Crippen molar-refractivity contribution in [3.8, 4) is 0 Å². The van der Waals surface area contributed by atoms with Crippen molar-refractivity contribution in [2.45, 2.75) is 13.3 Å². The molecular formula is C21H24N6O. The summed E-state index contributed by atoms with van der Waals surface area (Å²) in [6.07, 6.45) is 7.37. The zero-order valence-corrected chi connectivity index (χ0v) is 16.3. The minimum absolute atomic E-state index is 0.261. The van der Waals surface area contributed by atoms with Gasteiger partial charge in [-0.1, -0.05) is 13.0 Å². The highest BCUT2D eigenvalue weighted by Crippen LogP contribution is 2.30. The Morgan fingerprint density at radius 2 is 2.14 bits per heavy atom. The van der Waals surface area contributed by atoms with Gasteiger partial charge >= 0.3 is 0 Å². The van der Waals surface area contributed by atoms with Crippen molar-refractivity contribution >= 4 is 34.3 Å². The van der Waals surface area contributed by atoms with Crippen LogP contribution in [-0.4, -0.2) is 32.9 Å². The summed E-state index contributed by atoms with van der Waals surface area (Å²) >= 11 is 0. The Morgan fingerprint density at radius 3 is 2.82 bits per heavy atom. The fourth-order valence-corrected chi connectivity index (χ4v) is 3.06. The van der Waals surface area contributed by atoms with E-state index in [0.29, 0.717) is 5.57 Å². The Hall–Kier alpha value is -3.61. The molecule has 2 heterocycles. The first-order chi connectivity index (χ1) is 13.4. The third-order valence-electron chi connectivity index (χ3n) is 4.63. The van der Waals surface area contributed by atoms with Gasteiger partial charge in [-0.15, -0.1) is 0 Å². The van der Waals surface area contributed by atoms with E-state index in [1.165, 1.54) is 12.4 Å². The number of aromatic nitrogens is 3. The maximum absolute atomic E-state index is 9.19. The summed E-state index contributed by atoms with van der Waals surface area (Å²) in [4.78, 5) is 14.8. The number of benzene rings is 1. The lowest BCUT2D eigenvalue weighted by molar-refractivity contribution is 0.410. The smallest absolute Gasteiger partial charge is 0.203 e. The van der Waals surface area contributed by atoms with Crippen LogP contribution in [0, 0.1) is 0 Å². The van der Waals surface area contributed by atoms with Gasteiger partial charge in [0.1, 0.15) is 11.3 Å². The lowest BCUT2D eigenvalue weighted by Gasteiger charge is -2.22. The number of pyridine rings is 1. The van der Waals surface area contributed by atoms with E-state index in [2.05, 4.69) is 39.4 Å². The van der Waals surface area contributed by atoms with Crippen LogP contribution in [0.5, 0.6) is 0 Å². The van der Waals surface area contributed by atoms with Crippen molar-refractivity contribution in [3.05, 3.63) is 66.6 Å². The molecule has 0 radical (unpaired) electrons. The molecule has 0 atom stereocenters. The van der Waals surface area contributed by atoms with Gasteiger partial charge in [0.25, 0.3) is 0 Å². The first-order valence-electron chi connectivity index (χ1n) is 8.92. The highest BCUT2D eigenvalue weighted by Gasteiger charge is 2.13. The highest BCUT2D eigenvalue weighted by molar-refractivity contribution is 6.10. The van der Waals surface area contributed by atoms with E-state index < -0.39 is 0 Å². The van der Waals surface area contributed by atoms with Crippen LogP contribution in [-0.2, 0) is 13.5 Å². The minimum atomic E-state index is -0.261. The Bertz CT molecular complexity index is 1080. The molecule has 0 saturated heterocycles. The fourth-order valence-electron chi connectivity index (χ4n) is 3.06. The maximum atomic E-state index is 9.19. The van der Waals surface area contributed by atoms with E-state index in [1.807, 2.05) is 36.9 Å². The summed E-state index contributed by atoms with van der Waals surface area (Å²) in [5, 5.41) is 9.19. The van der Waals surface area contributed by atoms with Crippen LogP contribution >= 0.6 is 0 Å². The van der Waals surface area contributed by atoms with Crippen molar-refractivity contribution in [1.82, 2.24) is 14.5 Å². The molecule has 7 nitrogen and oxygen atoms in total. The minimum Gasteiger partial charge on any atom is -0.494 e. The quantitative estimate of drug-likeness (QED) is 0.505. The first-order valence-corrected chi connectivity index (χ1v) is 8.92. The molecule has 3 N–H and O–H groups in total. The lowest BCUT2D eigenvalue weighted by Crippen LogP contribution is -2.13. The predicted octanol–water partition coefficient (Wildman–Crippen LogP) is 3.70. The van der Waals surface area contributed by atoms with Crippen LogP contribution in [0.25, 0.3) is 16.6 Å². The molecule has 3 aromatic rings. The van der Waals surface area contributed by atoms with Crippen molar-refractivity contribution < 1.29 is 5.11 Å². The summed E-state index contributed by atoms with van der Waals surface area (Å²) < 4.78 is 1.98. The van der Waals surface area contributed by atoms with Crippen molar-refractivity contribution in [2.24, 2.45) is 17.8 Å². The van der Waals surface area contributed by atoms with Gasteiger partial charge in [0.15, 0.2) is 0 Å². The number of nitrogens with two attached hydrogens (primary N) is 1. The van der Waals surface area contributed by atoms with E-state index in [1.54, 1.807) is 12.5 Å².